The van der Waals surface area contributed by atoms with Crippen molar-refractivity contribution in [3.05, 3.63) is 87.1 Å². The van der Waals surface area contributed by atoms with Crippen LogP contribution in [-0.2, 0) is 0 Å². The average Bonchev–Trinajstić information content (AvgIpc) is 3.09. The Bertz CT molecular complexity index is 1260. The Balaban J connectivity index is 1.63. The Morgan fingerprint density at radius 3 is 2.50 bits per heavy atom. The van der Waals surface area contributed by atoms with Crippen molar-refractivity contribution in [2.75, 3.05) is 14.2 Å². The predicted molar refractivity (Wildman–Crippen MR) is 123 cm³/mol. The summed E-state index contributed by atoms with van der Waals surface area (Å²) in [6.07, 6.45) is 1.62. The van der Waals surface area contributed by atoms with Crippen LogP contribution in [0.25, 0.3) is 6.08 Å². The lowest BCUT2D eigenvalue weighted by molar-refractivity contribution is 0.0733. The molecule has 0 amide bonds. The van der Waals surface area contributed by atoms with E-state index in [1.165, 1.54) is 0 Å². The third kappa shape index (κ3) is 4.11. The van der Waals surface area contributed by atoms with E-state index in [1.807, 2.05) is 6.07 Å². The molecule has 0 bridgehead atoms. The van der Waals surface area contributed by atoms with Gasteiger partial charge in [0.15, 0.2) is 5.76 Å². The Morgan fingerprint density at radius 1 is 1.00 bits per heavy atom. The quantitative estimate of drug-likeness (QED) is 0.260. The van der Waals surface area contributed by atoms with E-state index < -0.39 is 5.97 Å². The van der Waals surface area contributed by atoms with E-state index in [4.69, 9.17) is 18.9 Å². The van der Waals surface area contributed by atoms with E-state index in [0.29, 0.717) is 44.0 Å². The van der Waals surface area contributed by atoms with Gasteiger partial charge in [-0.05, 0) is 64.8 Å². The number of hydrogen-bond donors (Lipinski definition) is 0. The number of methoxy groups -OCH3 is 2. The van der Waals surface area contributed by atoms with E-state index in [1.54, 1.807) is 75.8 Å². The van der Waals surface area contributed by atoms with Gasteiger partial charge < -0.3 is 18.9 Å². The molecule has 3 aromatic carbocycles. The minimum absolute atomic E-state index is 0.154. The maximum absolute atomic E-state index is 13.0. The number of carbonyl (C=O) groups is 2. The van der Waals surface area contributed by atoms with Crippen molar-refractivity contribution < 1.29 is 28.5 Å². The molecule has 0 spiro atoms. The first-order valence-corrected chi connectivity index (χ1v) is 10.5. The number of Topliss-reactive ketones (excluding diaryl/α,β-unsaturated/α-hetero) is 1. The molecule has 3 aromatic rings. The van der Waals surface area contributed by atoms with Gasteiger partial charge in [0.05, 0.1) is 25.3 Å². The normalized spacial score (nSPS) is 13.5. The summed E-state index contributed by atoms with van der Waals surface area (Å²) in [5.41, 5.74) is 2.15. The molecule has 0 radical (unpaired) electrons. The highest BCUT2D eigenvalue weighted by Gasteiger charge is 2.30. The highest BCUT2D eigenvalue weighted by Crippen LogP contribution is 2.38. The first kappa shape index (κ1) is 21.6. The van der Waals surface area contributed by atoms with Crippen LogP contribution >= 0.6 is 15.9 Å². The smallest absolute Gasteiger partial charge is 0.344 e. The van der Waals surface area contributed by atoms with Gasteiger partial charge in [0.2, 0.25) is 5.78 Å². The summed E-state index contributed by atoms with van der Waals surface area (Å²) in [4.78, 5) is 25.5. The summed E-state index contributed by atoms with van der Waals surface area (Å²) in [6, 6.07) is 15.4. The van der Waals surface area contributed by atoms with Crippen LogP contribution in [0.5, 0.6) is 23.0 Å². The van der Waals surface area contributed by atoms with Crippen LogP contribution in [0.3, 0.4) is 0 Å². The number of benzene rings is 3. The van der Waals surface area contributed by atoms with Crippen LogP contribution in [0, 0.1) is 6.92 Å². The highest BCUT2D eigenvalue weighted by atomic mass is 79.9. The summed E-state index contributed by atoms with van der Waals surface area (Å²) in [5.74, 6) is 1.20. The Labute approximate surface area is 193 Å². The molecule has 7 heteroatoms. The molecule has 1 aliphatic rings. The van der Waals surface area contributed by atoms with Crippen molar-refractivity contribution in [1.82, 2.24) is 0 Å². The van der Waals surface area contributed by atoms with Crippen molar-refractivity contribution in [2.24, 2.45) is 0 Å². The molecule has 0 fully saturated rings. The van der Waals surface area contributed by atoms with Gasteiger partial charge in [-0.1, -0.05) is 12.1 Å². The van der Waals surface area contributed by atoms with Crippen molar-refractivity contribution in [3.8, 4) is 23.0 Å². The fourth-order valence-electron chi connectivity index (χ4n) is 3.40. The van der Waals surface area contributed by atoms with Gasteiger partial charge in [0.25, 0.3) is 0 Å². The van der Waals surface area contributed by atoms with Gasteiger partial charge in [0.1, 0.15) is 23.0 Å². The van der Waals surface area contributed by atoms with Crippen molar-refractivity contribution in [3.63, 3.8) is 0 Å². The molecule has 0 atom stereocenters. The number of fused-ring (bicyclic) bond motifs is 1. The number of ketones is 1. The van der Waals surface area contributed by atoms with Crippen LogP contribution in [0.15, 0.2) is 64.8 Å². The Morgan fingerprint density at radius 2 is 1.78 bits per heavy atom. The molecule has 0 N–H and O–H groups in total. The summed E-state index contributed by atoms with van der Waals surface area (Å²) >= 11 is 3.35. The van der Waals surface area contributed by atoms with Crippen molar-refractivity contribution in [2.45, 2.75) is 6.92 Å². The zero-order valence-corrected chi connectivity index (χ0v) is 19.2. The fraction of sp³-hybridized carbons (Fsp3) is 0.120. The van der Waals surface area contributed by atoms with E-state index in [2.05, 4.69) is 15.9 Å². The standard InChI is InChI=1S/C25H19BrO6/c1-14-10-17(31-25(28)18-6-4-5-7-19(18)26)13-21-23(14)24(27)22(32-21)11-15-8-9-16(29-2)12-20(15)30-3/h4-13H,1-3H3/b22-11-. The number of allylic oxidation sites excluding steroid dienone is 1. The largest absolute Gasteiger partial charge is 0.497 e. The number of halogens is 1. The summed E-state index contributed by atoms with van der Waals surface area (Å²) in [5, 5.41) is 0. The summed E-state index contributed by atoms with van der Waals surface area (Å²) in [7, 11) is 3.11. The molecular formula is C25H19BrO6. The highest BCUT2D eigenvalue weighted by molar-refractivity contribution is 9.10. The summed E-state index contributed by atoms with van der Waals surface area (Å²) < 4.78 is 22.6. The second-order valence-electron chi connectivity index (χ2n) is 7.03. The minimum Gasteiger partial charge on any atom is -0.497 e. The van der Waals surface area contributed by atoms with E-state index >= 15 is 0 Å². The molecule has 4 rings (SSSR count). The van der Waals surface area contributed by atoms with Crippen LogP contribution in [0.4, 0.5) is 0 Å². The van der Waals surface area contributed by atoms with Crippen LogP contribution in [0.2, 0.25) is 0 Å². The lowest BCUT2D eigenvalue weighted by Gasteiger charge is -2.09. The number of carbonyl (C=O) groups excluding carboxylic acids is 2. The lowest BCUT2D eigenvalue weighted by atomic mass is 10.0. The first-order chi connectivity index (χ1) is 15.4. The molecule has 0 saturated heterocycles. The van der Waals surface area contributed by atoms with Gasteiger partial charge in [-0.3, -0.25) is 4.79 Å². The van der Waals surface area contributed by atoms with Gasteiger partial charge in [0, 0.05) is 22.2 Å². The molecule has 1 aliphatic heterocycles. The maximum atomic E-state index is 13.0. The number of aryl methyl sites for hydroxylation is 1. The van der Waals surface area contributed by atoms with E-state index in [-0.39, 0.29) is 17.3 Å². The Hall–Kier alpha value is -3.58. The molecule has 1 heterocycles. The molecular weight excluding hydrogens is 476 g/mol. The molecule has 162 valence electrons. The second kappa shape index (κ2) is 8.88. The molecule has 0 aromatic heterocycles. The van der Waals surface area contributed by atoms with Gasteiger partial charge in [-0.15, -0.1) is 0 Å². The minimum atomic E-state index is -0.514. The van der Waals surface area contributed by atoms with E-state index in [9.17, 15) is 9.59 Å². The van der Waals surface area contributed by atoms with Crippen LogP contribution < -0.4 is 18.9 Å². The van der Waals surface area contributed by atoms with Gasteiger partial charge in [-0.25, -0.2) is 4.79 Å². The maximum Gasteiger partial charge on any atom is 0.344 e. The number of rotatable bonds is 5. The average molecular weight is 495 g/mol. The first-order valence-electron chi connectivity index (χ1n) is 9.69. The number of esters is 1. The van der Waals surface area contributed by atoms with Crippen molar-refractivity contribution >= 4 is 33.8 Å². The van der Waals surface area contributed by atoms with E-state index in [0.717, 1.165) is 0 Å². The number of ether oxygens (including phenoxy) is 4. The topological polar surface area (TPSA) is 71.1 Å². The van der Waals surface area contributed by atoms with Gasteiger partial charge >= 0.3 is 5.97 Å². The second-order valence-corrected chi connectivity index (χ2v) is 7.88. The number of hydrogen-bond acceptors (Lipinski definition) is 6. The molecule has 0 saturated carbocycles. The van der Waals surface area contributed by atoms with Gasteiger partial charge in [-0.2, -0.15) is 0 Å². The zero-order chi connectivity index (χ0) is 22.8. The molecule has 0 aliphatic carbocycles. The predicted octanol–water partition coefficient (Wildman–Crippen LogP) is 5.61. The monoisotopic (exact) mass is 494 g/mol. The third-order valence-electron chi connectivity index (χ3n) is 4.98. The van der Waals surface area contributed by atoms with Crippen LogP contribution in [-0.4, -0.2) is 26.0 Å². The summed E-state index contributed by atoms with van der Waals surface area (Å²) in [6.45, 7) is 1.77. The zero-order valence-electron chi connectivity index (χ0n) is 17.6. The third-order valence-corrected chi connectivity index (χ3v) is 5.67. The van der Waals surface area contributed by atoms with Crippen LogP contribution in [0.1, 0.15) is 31.8 Å². The lowest BCUT2D eigenvalue weighted by Crippen LogP contribution is -2.09. The fourth-order valence-corrected chi connectivity index (χ4v) is 3.85. The molecule has 0 unspecified atom stereocenters. The Kier molecular flexibility index (Phi) is 6.01. The SMILES string of the molecule is COc1ccc(/C=C2\Oc3cc(OC(=O)c4ccccc4Br)cc(C)c3C2=O)c(OC)c1. The molecule has 6 nitrogen and oxygen atoms in total. The van der Waals surface area contributed by atoms with Crippen molar-refractivity contribution in [1.29, 1.82) is 0 Å². The molecule has 32 heavy (non-hydrogen) atoms.